The third-order valence-electron chi connectivity index (χ3n) is 3.01. The molecule has 5 nitrogen and oxygen atoms in total. The molecule has 0 saturated carbocycles. The van der Waals surface area contributed by atoms with Gasteiger partial charge in [0.15, 0.2) is 16.7 Å². The fraction of sp³-hybridized carbons (Fsp3) is 0.267. The second kappa shape index (κ2) is 7.04. The Morgan fingerprint density at radius 2 is 1.81 bits per heavy atom. The van der Waals surface area contributed by atoms with Crippen molar-refractivity contribution in [1.82, 2.24) is 4.98 Å². The number of anilines is 1. The van der Waals surface area contributed by atoms with Crippen LogP contribution in [-0.2, 0) is 6.54 Å². The number of aromatic nitrogens is 1. The minimum atomic E-state index is 0.428. The van der Waals surface area contributed by atoms with Crippen LogP contribution in [-0.4, -0.2) is 26.3 Å². The molecular formula is C15H17ClN2O3. The fourth-order valence-electron chi connectivity index (χ4n) is 2.01. The zero-order valence-electron chi connectivity index (χ0n) is 12.1. The molecule has 2 aromatic rings. The van der Waals surface area contributed by atoms with Crippen molar-refractivity contribution in [3.05, 3.63) is 41.2 Å². The maximum absolute atomic E-state index is 6.02. The molecule has 6 heteroatoms. The Morgan fingerprint density at radius 1 is 1.05 bits per heavy atom. The standard InChI is InChI=1S/C15H17ClN2O3/c1-19-12-7-6-10(13(20-2)14(12)21-3)9-18-11-5-4-8-17-15(11)16/h4-8,18H,9H2,1-3H3. The molecular weight excluding hydrogens is 292 g/mol. The summed E-state index contributed by atoms with van der Waals surface area (Å²) in [6.07, 6.45) is 1.64. The highest BCUT2D eigenvalue weighted by molar-refractivity contribution is 6.31. The van der Waals surface area contributed by atoms with Crippen LogP contribution in [0.1, 0.15) is 5.56 Å². The van der Waals surface area contributed by atoms with Crippen LogP contribution in [0.4, 0.5) is 5.69 Å². The number of ether oxygens (including phenoxy) is 3. The van der Waals surface area contributed by atoms with Crippen molar-refractivity contribution in [2.24, 2.45) is 0 Å². The van der Waals surface area contributed by atoms with Crippen LogP contribution in [0.15, 0.2) is 30.5 Å². The summed E-state index contributed by atoms with van der Waals surface area (Å²) >= 11 is 6.02. The van der Waals surface area contributed by atoms with Crippen LogP contribution < -0.4 is 19.5 Å². The number of nitrogens with one attached hydrogen (secondary N) is 1. The highest BCUT2D eigenvalue weighted by Crippen LogP contribution is 2.40. The van der Waals surface area contributed by atoms with E-state index in [0.29, 0.717) is 28.9 Å². The molecule has 0 amide bonds. The van der Waals surface area contributed by atoms with E-state index < -0.39 is 0 Å². The lowest BCUT2D eigenvalue weighted by Gasteiger charge is -2.16. The van der Waals surface area contributed by atoms with E-state index in [-0.39, 0.29) is 0 Å². The first-order valence-electron chi connectivity index (χ1n) is 6.33. The van der Waals surface area contributed by atoms with E-state index >= 15 is 0 Å². The zero-order valence-corrected chi connectivity index (χ0v) is 12.9. The molecule has 0 aliphatic heterocycles. The quantitative estimate of drug-likeness (QED) is 0.829. The molecule has 0 fully saturated rings. The van der Waals surface area contributed by atoms with Crippen molar-refractivity contribution in [3.63, 3.8) is 0 Å². The first-order chi connectivity index (χ1) is 10.2. The number of methoxy groups -OCH3 is 3. The van der Waals surface area contributed by atoms with Crippen LogP contribution in [0.5, 0.6) is 17.2 Å². The second-order valence-electron chi connectivity index (χ2n) is 4.19. The lowest BCUT2D eigenvalue weighted by Crippen LogP contribution is -2.04. The van der Waals surface area contributed by atoms with Crippen LogP contribution in [0.25, 0.3) is 0 Å². The van der Waals surface area contributed by atoms with E-state index in [9.17, 15) is 0 Å². The van der Waals surface area contributed by atoms with Gasteiger partial charge in [-0.1, -0.05) is 11.6 Å². The van der Waals surface area contributed by atoms with Crippen molar-refractivity contribution in [2.45, 2.75) is 6.54 Å². The number of halogens is 1. The van der Waals surface area contributed by atoms with E-state index in [1.165, 1.54) is 0 Å². The van der Waals surface area contributed by atoms with Crippen LogP contribution >= 0.6 is 11.6 Å². The van der Waals surface area contributed by atoms with Gasteiger partial charge in [-0.2, -0.15) is 0 Å². The molecule has 0 aliphatic rings. The molecule has 2 rings (SSSR count). The summed E-state index contributed by atoms with van der Waals surface area (Å²) in [5.74, 6) is 1.82. The smallest absolute Gasteiger partial charge is 0.203 e. The molecule has 0 spiro atoms. The first kappa shape index (κ1) is 15.3. The molecule has 0 unspecified atom stereocenters. The van der Waals surface area contributed by atoms with Gasteiger partial charge in [0.25, 0.3) is 0 Å². The molecule has 0 saturated heterocycles. The second-order valence-corrected chi connectivity index (χ2v) is 4.55. The summed E-state index contributed by atoms with van der Waals surface area (Å²) in [5, 5.41) is 3.65. The molecule has 1 N–H and O–H groups in total. The lowest BCUT2D eigenvalue weighted by atomic mass is 10.1. The first-order valence-corrected chi connectivity index (χ1v) is 6.71. The number of rotatable bonds is 6. The zero-order chi connectivity index (χ0) is 15.2. The Kier molecular flexibility index (Phi) is 5.11. The minimum Gasteiger partial charge on any atom is -0.493 e. The number of hydrogen-bond acceptors (Lipinski definition) is 5. The third-order valence-corrected chi connectivity index (χ3v) is 3.32. The maximum Gasteiger partial charge on any atom is 0.203 e. The fourth-order valence-corrected chi connectivity index (χ4v) is 2.20. The van der Waals surface area contributed by atoms with Crippen molar-refractivity contribution in [1.29, 1.82) is 0 Å². The van der Waals surface area contributed by atoms with Crippen LogP contribution in [0.3, 0.4) is 0 Å². The summed E-state index contributed by atoms with van der Waals surface area (Å²) in [7, 11) is 4.76. The van der Waals surface area contributed by atoms with Gasteiger partial charge in [-0.15, -0.1) is 0 Å². The van der Waals surface area contributed by atoms with Gasteiger partial charge < -0.3 is 19.5 Å². The molecule has 1 heterocycles. The molecule has 112 valence electrons. The molecule has 1 aromatic carbocycles. The summed E-state index contributed by atoms with van der Waals surface area (Å²) in [6, 6.07) is 7.43. The average molecular weight is 309 g/mol. The van der Waals surface area contributed by atoms with Crippen LogP contribution in [0.2, 0.25) is 5.15 Å². The van der Waals surface area contributed by atoms with Gasteiger partial charge in [0, 0.05) is 18.3 Å². The van der Waals surface area contributed by atoms with Crippen molar-refractivity contribution >= 4 is 17.3 Å². The van der Waals surface area contributed by atoms with Crippen LogP contribution in [0, 0.1) is 0 Å². The van der Waals surface area contributed by atoms with Crippen molar-refractivity contribution in [2.75, 3.05) is 26.6 Å². The van der Waals surface area contributed by atoms with Gasteiger partial charge in [-0.25, -0.2) is 4.98 Å². The Balaban J connectivity index is 2.26. The average Bonchev–Trinajstić information content (AvgIpc) is 2.52. The Bertz CT molecular complexity index is 620. The predicted molar refractivity (Wildman–Crippen MR) is 82.7 cm³/mol. The Morgan fingerprint density at radius 3 is 2.43 bits per heavy atom. The molecule has 0 bridgehead atoms. The molecule has 0 aliphatic carbocycles. The van der Waals surface area contributed by atoms with E-state index in [1.807, 2.05) is 24.3 Å². The maximum atomic E-state index is 6.02. The normalized spacial score (nSPS) is 10.1. The van der Waals surface area contributed by atoms with Gasteiger partial charge in [0.05, 0.1) is 27.0 Å². The van der Waals surface area contributed by atoms with E-state index in [4.69, 9.17) is 25.8 Å². The summed E-state index contributed by atoms with van der Waals surface area (Å²) < 4.78 is 16.1. The van der Waals surface area contributed by atoms with E-state index in [0.717, 1.165) is 11.3 Å². The van der Waals surface area contributed by atoms with Gasteiger partial charge >= 0.3 is 0 Å². The highest BCUT2D eigenvalue weighted by Gasteiger charge is 2.15. The Hall–Kier alpha value is -2.14. The third kappa shape index (κ3) is 3.31. The molecule has 0 radical (unpaired) electrons. The topological polar surface area (TPSA) is 52.6 Å². The van der Waals surface area contributed by atoms with Gasteiger partial charge in [0.2, 0.25) is 5.75 Å². The highest BCUT2D eigenvalue weighted by atomic mass is 35.5. The molecule has 0 atom stereocenters. The largest absolute Gasteiger partial charge is 0.493 e. The number of hydrogen-bond donors (Lipinski definition) is 1. The number of pyridine rings is 1. The number of benzene rings is 1. The van der Waals surface area contributed by atoms with E-state index in [1.54, 1.807) is 27.5 Å². The SMILES string of the molecule is COc1ccc(CNc2cccnc2Cl)c(OC)c1OC. The monoisotopic (exact) mass is 308 g/mol. The van der Waals surface area contributed by atoms with Gasteiger partial charge in [-0.3, -0.25) is 0 Å². The summed E-state index contributed by atoms with van der Waals surface area (Å²) in [5.41, 5.74) is 1.69. The van der Waals surface area contributed by atoms with Crippen molar-refractivity contribution in [3.8, 4) is 17.2 Å². The summed E-state index contributed by atoms with van der Waals surface area (Å²) in [6.45, 7) is 0.523. The van der Waals surface area contributed by atoms with Crippen molar-refractivity contribution < 1.29 is 14.2 Å². The van der Waals surface area contributed by atoms with Gasteiger partial charge in [-0.05, 0) is 24.3 Å². The lowest BCUT2D eigenvalue weighted by molar-refractivity contribution is 0.322. The Labute approximate surface area is 128 Å². The predicted octanol–water partition coefficient (Wildman–Crippen LogP) is 3.37. The molecule has 21 heavy (non-hydrogen) atoms. The van der Waals surface area contributed by atoms with Gasteiger partial charge in [0.1, 0.15) is 0 Å². The molecule has 1 aromatic heterocycles. The minimum absolute atomic E-state index is 0.428. The number of nitrogens with zero attached hydrogens (tertiary/aromatic N) is 1. The summed E-state index contributed by atoms with van der Waals surface area (Å²) in [4.78, 5) is 4.02. The van der Waals surface area contributed by atoms with E-state index in [2.05, 4.69) is 10.3 Å².